The minimum atomic E-state index is -0.0751. The second-order valence-corrected chi connectivity index (χ2v) is 3.62. The van der Waals surface area contributed by atoms with Gasteiger partial charge in [-0.1, -0.05) is 56.0 Å². The maximum Gasteiger partial charge on any atom is 0.185 e. The van der Waals surface area contributed by atoms with Crippen molar-refractivity contribution in [3.8, 4) is 5.75 Å². The van der Waals surface area contributed by atoms with E-state index in [-0.39, 0.29) is 19.0 Å². The Hall–Kier alpha value is -2.35. The summed E-state index contributed by atoms with van der Waals surface area (Å²) >= 11 is 0. The highest BCUT2D eigenvalue weighted by Crippen LogP contribution is 2.17. The van der Waals surface area contributed by atoms with Crippen LogP contribution in [-0.4, -0.2) is 10.9 Å². The van der Waals surface area contributed by atoms with E-state index >= 15 is 0 Å². The van der Waals surface area contributed by atoms with E-state index in [1.54, 1.807) is 36.4 Å². The number of benzene rings is 2. The van der Waals surface area contributed by atoms with Crippen LogP contribution in [0.3, 0.4) is 0 Å². The van der Waals surface area contributed by atoms with E-state index in [2.05, 4.69) is 0 Å². The van der Waals surface area contributed by atoms with Crippen LogP contribution in [0.5, 0.6) is 5.75 Å². The molecule has 2 rings (SSSR count). The normalized spacial score (nSPS) is 10.0. The Labute approximate surface area is 107 Å². The molecule has 0 bridgehead atoms. The van der Waals surface area contributed by atoms with E-state index in [1.165, 1.54) is 6.08 Å². The molecule has 18 heavy (non-hydrogen) atoms. The van der Waals surface area contributed by atoms with Gasteiger partial charge in [0.1, 0.15) is 5.75 Å². The second-order valence-electron chi connectivity index (χ2n) is 3.62. The molecule has 0 saturated heterocycles. The number of para-hydroxylation sites is 1. The number of aromatic hydroxyl groups is 1. The third-order valence-corrected chi connectivity index (χ3v) is 2.41. The topological polar surface area (TPSA) is 37.3 Å². The van der Waals surface area contributed by atoms with Gasteiger partial charge in [-0.15, -0.1) is 0 Å². The number of carbonyl (C=O) groups is 1. The molecular weight excluding hydrogens is 224 g/mol. The molecule has 2 aromatic carbocycles. The molecule has 0 amide bonds. The number of phenolic OH excluding ortho intramolecular Hbond substituents is 1. The van der Waals surface area contributed by atoms with Crippen molar-refractivity contribution in [2.24, 2.45) is 0 Å². The molecule has 2 aromatic rings. The lowest BCUT2D eigenvalue weighted by atomic mass is 10.1. The van der Waals surface area contributed by atoms with Crippen LogP contribution in [0.2, 0.25) is 0 Å². The molecule has 0 saturated carbocycles. The van der Waals surface area contributed by atoms with Crippen molar-refractivity contribution in [3.05, 3.63) is 71.8 Å². The predicted octanol–water partition coefficient (Wildman–Crippen LogP) is 3.92. The molecular formula is C16H16O2. The van der Waals surface area contributed by atoms with Gasteiger partial charge in [-0.05, 0) is 18.2 Å². The van der Waals surface area contributed by atoms with Gasteiger partial charge >= 0.3 is 0 Å². The number of ketones is 1. The highest BCUT2D eigenvalue weighted by atomic mass is 16.3. The zero-order valence-corrected chi connectivity index (χ0v) is 9.21. The Balaban J connectivity index is 0.00000162. The molecule has 2 heteroatoms. The summed E-state index contributed by atoms with van der Waals surface area (Å²) in [5.41, 5.74) is 1.27. The molecule has 2 nitrogen and oxygen atoms in total. The fourth-order valence-corrected chi connectivity index (χ4v) is 1.49. The zero-order chi connectivity index (χ0) is 12.1. The first kappa shape index (κ1) is 13.7. The lowest BCUT2D eigenvalue weighted by Crippen LogP contribution is -1.92. The summed E-state index contributed by atoms with van der Waals surface area (Å²) in [7, 11) is 0. The van der Waals surface area contributed by atoms with E-state index in [0.29, 0.717) is 11.1 Å². The molecule has 0 unspecified atom stereocenters. The molecule has 0 aliphatic rings. The van der Waals surface area contributed by atoms with Crippen molar-refractivity contribution in [3.63, 3.8) is 0 Å². The van der Waals surface area contributed by atoms with Crippen LogP contribution < -0.4 is 0 Å². The van der Waals surface area contributed by atoms with E-state index in [0.717, 1.165) is 0 Å². The molecule has 0 heterocycles. The van der Waals surface area contributed by atoms with Crippen LogP contribution in [-0.2, 0) is 0 Å². The number of allylic oxidation sites excluding steroid dienone is 1. The highest BCUT2D eigenvalue weighted by Gasteiger charge is 2.00. The van der Waals surface area contributed by atoms with Crippen molar-refractivity contribution in [2.45, 2.75) is 7.43 Å². The monoisotopic (exact) mass is 240 g/mol. The quantitative estimate of drug-likeness (QED) is 0.652. The van der Waals surface area contributed by atoms with Gasteiger partial charge < -0.3 is 5.11 Å². The lowest BCUT2D eigenvalue weighted by molar-refractivity contribution is 0.104. The van der Waals surface area contributed by atoms with E-state index < -0.39 is 0 Å². The second kappa shape index (κ2) is 6.40. The fraction of sp³-hybridized carbons (Fsp3) is 0.0625. The Kier molecular flexibility index (Phi) is 4.88. The number of carbonyl (C=O) groups excluding carboxylic acids is 1. The SMILES string of the molecule is C.O=C(C=Cc1ccccc1O)c1ccccc1. The molecule has 0 fully saturated rings. The third-order valence-electron chi connectivity index (χ3n) is 2.41. The van der Waals surface area contributed by atoms with Gasteiger partial charge in [0.2, 0.25) is 0 Å². The molecule has 0 atom stereocenters. The fourth-order valence-electron chi connectivity index (χ4n) is 1.49. The van der Waals surface area contributed by atoms with Gasteiger partial charge in [-0.3, -0.25) is 4.79 Å². The number of hydrogen-bond donors (Lipinski definition) is 1. The van der Waals surface area contributed by atoms with E-state index in [9.17, 15) is 9.90 Å². The molecule has 0 aromatic heterocycles. The summed E-state index contributed by atoms with van der Waals surface area (Å²) in [6.45, 7) is 0. The predicted molar refractivity (Wildman–Crippen MR) is 74.6 cm³/mol. The molecule has 1 N–H and O–H groups in total. The van der Waals surface area contributed by atoms with Crippen molar-refractivity contribution >= 4 is 11.9 Å². The first-order valence-electron chi connectivity index (χ1n) is 5.33. The number of rotatable bonds is 3. The van der Waals surface area contributed by atoms with Gasteiger partial charge in [0.05, 0.1) is 0 Å². The molecule has 0 radical (unpaired) electrons. The van der Waals surface area contributed by atoms with Crippen molar-refractivity contribution < 1.29 is 9.90 Å². The minimum Gasteiger partial charge on any atom is -0.507 e. The van der Waals surface area contributed by atoms with Crippen molar-refractivity contribution in [2.75, 3.05) is 0 Å². The molecule has 92 valence electrons. The summed E-state index contributed by atoms with van der Waals surface area (Å²) in [6, 6.07) is 15.9. The smallest absolute Gasteiger partial charge is 0.185 e. The maximum absolute atomic E-state index is 11.8. The Morgan fingerprint density at radius 3 is 2.22 bits per heavy atom. The third kappa shape index (κ3) is 3.32. The van der Waals surface area contributed by atoms with E-state index in [1.807, 2.05) is 24.3 Å². The summed E-state index contributed by atoms with van der Waals surface area (Å²) < 4.78 is 0. The number of hydrogen-bond acceptors (Lipinski definition) is 2. The average molecular weight is 240 g/mol. The number of phenols is 1. The van der Waals surface area contributed by atoms with Crippen LogP contribution >= 0.6 is 0 Å². The van der Waals surface area contributed by atoms with Gasteiger partial charge in [0.15, 0.2) is 5.78 Å². The van der Waals surface area contributed by atoms with Gasteiger partial charge in [-0.25, -0.2) is 0 Å². The highest BCUT2D eigenvalue weighted by molar-refractivity contribution is 6.06. The van der Waals surface area contributed by atoms with Crippen molar-refractivity contribution in [1.82, 2.24) is 0 Å². The molecule has 0 aliphatic heterocycles. The van der Waals surface area contributed by atoms with Crippen LogP contribution in [0, 0.1) is 0 Å². The van der Waals surface area contributed by atoms with Gasteiger partial charge in [-0.2, -0.15) is 0 Å². The Morgan fingerprint density at radius 2 is 1.56 bits per heavy atom. The van der Waals surface area contributed by atoms with Crippen LogP contribution in [0.15, 0.2) is 60.7 Å². The maximum atomic E-state index is 11.8. The van der Waals surface area contributed by atoms with Gasteiger partial charge in [0.25, 0.3) is 0 Å². The summed E-state index contributed by atoms with van der Waals surface area (Å²) in [4.78, 5) is 11.8. The van der Waals surface area contributed by atoms with Crippen LogP contribution in [0.25, 0.3) is 6.08 Å². The summed E-state index contributed by atoms with van der Waals surface area (Å²) in [5.74, 6) is 0.0958. The first-order chi connectivity index (χ1) is 8.27. The standard InChI is InChI=1S/C15H12O2.CH4/c16-14-9-5-4-8-13(14)10-11-15(17)12-6-2-1-3-7-12;/h1-11,16H;1H4. The van der Waals surface area contributed by atoms with Crippen LogP contribution in [0.1, 0.15) is 23.3 Å². The average Bonchev–Trinajstić information content (AvgIpc) is 2.38. The minimum absolute atomic E-state index is 0. The lowest BCUT2D eigenvalue weighted by Gasteiger charge is -1.97. The summed E-state index contributed by atoms with van der Waals surface area (Å²) in [6.07, 6.45) is 3.08. The molecule has 0 aliphatic carbocycles. The first-order valence-corrected chi connectivity index (χ1v) is 5.33. The van der Waals surface area contributed by atoms with Crippen LogP contribution in [0.4, 0.5) is 0 Å². The van der Waals surface area contributed by atoms with Crippen molar-refractivity contribution in [1.29, 1.82) is 0 Å². The summed E-state index contributed by atoms with van der Waals surface area (Å²) in [5, 5.41) is 9.53. The molecule has 0 spiro atoms. The van der Waals surface area contributed by atoms with E-state index in [4.69, 9.17) is 0 Å². The Morgan fingerprint density at radius 1 is 0.944 bits per heavy atom. The zero-order valence-electron chi connectivity index (χ0n) is 9.21. The van der Waals surface area contributed by atoms with Gasteiger partial charge in [0, 0.05) is 11.1 Å². The largest absolute Gasteiger partial charge is 0.507 e. The Bertz CT molecular complexity index is 542.